The highest BCUT2D eigenvalue weighted by atomic mass is 35.5. The van der Waals surface area contributed by atoms with Crippen molar-refractivity contribution in [2.24, 2.45) is 5.73 Å². The largest absolute Gasteiger partial charge is 0.397 e. The van der Waals surface area contributed by atoms with Crippen LogP contribution in [0.5, 0.6) is 0 Å². The van der Waals surface area contributed by atoms with Crippen molar-refractivity contribution in [3.63, 3.8) is 0 Å². The maximum absolute atomic E-state index is 11.8. The van der Waals surface area contributed by atoms with Crippen LogP contribution in [0.2, 0.25) is 5.02 Å². The van der Waals surface area contributed by atoms with Crippen LogP contribution in [0.4, 0.5) is 5.69 Å². The van der Waals surface area contributed by atoms with Gasteiger partial charge in [0, 0.05) is 28.2 Å². The standard InChI is InChI=1S/C11H12ClN3OS/c12-6-1-2-8-7(5-6)9(14)10(17-8)11(16)15-4-3-13/h1-2,5H,3-4,13-14H2,(H,15,16). The summed E-state index contributed by atoms with van der Waals surface area (Å²) >= 11 is 7.25. The van der Waals surface area contributed by atoms with Crippen molar-refractivity contribution in [2.75, 3.05) is 18.8 Å². The molecule has 0 unspecified atom stereocenters. The lowest BCUT2D eigenvalue weighted by atomic mass is 10.2. The first-order valence-corrected chi connectivity index (χ1v) is 6.28. The van der Waals surface area contributed by atoms with Crippen LogP contribution < -0.4 is 16.8 Å². The third-order valence-electron chi connectivity index (χ3n) is 2.32. The number of amides is 1. The van der Waals surface area contributed by atoms with E-state index in [1.807, 2.05) is 6.07 Å². The van der Waals surface area contributed by atoms with Gasteiger partial charge in [0.1, 0.15) is 4.88 Å². The van der Waals surface area contributed by atoms with Crippen LogP contribution in [0.25, 0.3) is 10.1 Å². The molecule has 1 heterocycles. The van der Waals surface area contributed by atoms with E-state index < -0.39 is 0 Å². The second-order valence-corrected chi connectivity index (χ2v) is 5.02. The van der Waals surface area contributed by atoms with Crippen molar-refractivity contribution < 1.29 is 4.79 Å². The molecule has 1 aromatic carbocycles. The SMILES string of the molecule is NCCNC(=O)c1sc2ccc(Cl)cc2c1N. The average Bonchev–Trinajstić information content (AvgIpc) is 2.64. The van der Waals surface area contributed by atoms with Gasteiger partial charge in [0.2, 0.25) is 0 Å². The van der Waals surface area contributed by atoms with Gasteiger partial charge in [0.05, 0.1) is 5.69 Å². The number of hydrogen-bond acceptors (Lipinski definition) is 4. The van der Waals surface area contributed by atoms with Crippen molar-refractivity contribution in [3.8, 4) is 0 Å². The molecule has 0 radical (unpaired) electrons. The first-order valence-electron chi connectivity index (χ1n) is 5.09. The number of benzene rings is 1. The number of fused-ring (bicyclic) bond motifs is 1. The van der Waals surface area contributed by atoms with Gasteiger partial charge in [0.25, 0.3) is 5.91 Å². The molecule has 0 spiro atoms. The van der Waals surface area contributed by atoms with Crippen molar-refractivity contribution in [2.45, 2.75) is 0 Å². The van der Waals surface area contributed by atoms with Gasteiger partial charge in [-0.15, -0.1) is 11.3 Å². The number of carbonyl (C=O) groups excluding carboxylic acids is 1. The van der Waals surface area contributed by atoms with Gasteiger partial charge < -0.3 is 16.8 Å². The van der Waals surface area contributed by atoms with Crippen molar-refractivity contribution in [1.29, 1.82) is 0 Å². The topological polar surface area (TPSA) is 81.1 Å². The van der Waals surface area contributed by atoms with Crippen molar-refractivity contribution >= 4 is 44.6 Å². The summed E-state index contributed by atoms with van der Waals surface area (Å²) in [6.07, 6.45) is 0. The molecule has 0 aliphatic rings. The van der Waals surface area contributed by atoms with Crippen LogP contribution in [0, 0.1) is 0 Å². The fourth-order valence-corrected chi connectivity index (χ4v) is 2.72. The second kappa shape index (κ2) is 4.91. The zero-order chi connectivity index (χ0) is 12.4. The molecule has 0 atom stereocenters. The number of hydrogen-bond donors (Lipinski definition) is 3. The van der Waals surface area contributed by atoms with Crippen LogP contribution in [0.15, 0.2) is 18.2 Å². The maximum Gasteiger partial charge on any atom is 0.263 e. The number of halogens is 1. The molecule has 0 fully saturated rings. The molecule has 0 aliphatic carbocycles. The highest BCUT2D eigenvalue weighted by Gasteiger charge is 2.15. The van der Waals surface area contributed by atoms with Crippen LogP contribution in [0.3, 0.4) is 0 Å². The zero-order valence-corrected chi connectivity index (χ0v) is 10.6. The van der Waals surface area contributed by atoms with Crippen LogP contribution in [-0.4, -0.2) is 19.0 Å². The van der Waals surface area contributed by atoms with Gasteiger partial charge in [0.15, 0.2) is 0 Å². The van der Waals surface area contributed by atoms with Crippen LogP contribution in [0.1, 0.15) is 9.67 Å². The number of nitrogen functional groups attached to an aromatic ring is 1. The van der Waals surface area contributed by atoms with E-state index in [1.54, 1.807) is 12.1 Å². The number of carbonyl (C=O) groups is 1. The Labute approximate surface area is 108 Å². The third kappa shape index (κ3) is 2.36. The van der Waals surface area contributed by atoms with Crippen LogP contribution >= 0.6 is 22.9 Å². The molecule has 1 aromatic heterocycles. The second-order valence-electron chi connectivity index (χ2n) is 3.53. The van der Waals surface area contributed by atoms with E-state index in [9.17, 15) is 4.79 Å². The fourth-order valence-electron chi connectivity index (χ4n) is 1.52. The lowest BCUT2D eigenvalue weighted by Gasteiger charge is -2.01. The first-order chi connectivity index (χ1) is 8.13. The minimum Gasteiger partial charge on any atom is -0.397 e. The summed E-state index contributed by atoms with van der Waals surface area (Å²) in [5, 5.41) is 4.13. The van der Waals surface area contributed by atoms with Crippen molar-refractivity contribution in [3.05, 3.63) is 28.1 Å². The Hall–Kier alpha value is -1.30. The minimum absolute atomic E-state index is 0.190. The van der Waals surface area contributed by atoms with Gasteiger partial charge in [-0.3, -0.25) is 4.79 Å². The Kier molecular flexibility index (Phi) is 3.51. The summed E-state index contributed by atoms with van der Waals surface area (Å²) < 4.78 is 0.949. The van der Waals surface area contributed by atoms with E-state index in [1.165, 1.54) is 11.3 Å². The smallest absolute Gasteiger partial charge is 0.263 e. The molecule has 2 aromatic rings. The van der Waals surface area contributed by atoms with E-state index in [2.05, 4.69) is 5.32 Å². The van der Waals surface area contributed by atoms with Crippen molar-refractivity contribution in [1.82, 2.24) is 5.32 Å². The summed E-state index contributed by atoms with van der Waals surface area (Å²) in [5.74, 6) is -0.190. The number of rotatable bonds is 3. The lowest BCUT2D eigenvalue weighted by molar-refractivity contribution is 0.0959. The summed E-state index contributed by atoms with van der Waals surface area (Å²) in [7, 11) is 0. The van der Waals surface area contributed by atoms with Gasteiger partial charge in [-0.05, 0) is 18.2 Å². The maximum atomic E-state index is 11.8. The van der Waals surface area contributed by atoms with E-state index in [4.69, 9.17) is 23.1 Å². The summed E-state index contributed by atoms with van der Waals surface area (Å²) in [5.41, 5.74) is 11.7. The molecule has 0 bridgehead atoms. The van der Waals surface area contributed by atoms with E-state index in [0.29, 0.717) is 28.7 Å². The van der Waals surface area contributed by atoms with E-state index in [0.717, 1.165) is 10.1 Å². The lowest BCUT2D eigenvalue weighted by Crippen LogP contribution is -2.28. The molecule has 0 saturated carbocycles. The summed E-state index contributed by atoms with van der Waals surface area (Å²) in [6, 6.07) is 5.40. The highest BCUT2D eigenvalue weighted by Crippen LogP contribution is 2.35. The molecule has 90 valence electrons. The predicted octanol–water partition coefficient (Wildman–Crippen LogP) is 1.83. The fraction of sp³-hybridized carbons (Fsp3) is 0.182. The Bertz CT molecular complexity index is 567. The summed E-state index contributed by atoms with van der Waals surface area (Å²) in [6.45, 7) is 0.843. The molecule has 4 nitrogen and oxygen atoms in total. The normalized spacial score (nSPS) is 10.7. The monoisotopic (exact) mass is 269 g/mol. The Morgan fingerprint density at radius 1 is 1.47 bits per heavy atom. The van der Waals surface area contributed by atoms with Crippen LogP contribution in [-0.2, 0) is 0 Å². The number of nitrogens with one attached hydrogen (secondary N) is 1. The Morgan fingerprint density at radius 3 is 2.94 bits per heavy atom. The number of nitrogens with two attached hydrogens (primary N) is 2. The van der Waals surface area contributed by atoms with Gasteiger partial charge in [-0.2, -0.15) is 0 Å². The zero-order valence-electron chi connectivity index (χ0n) is 9.00. The molecule has 6 heteroatoms. The Balaban J connectivity index is 2.42. The highest BCUT2D eigenvalue weighted by molar-refractivity contribution is 7.21. The van der Waals surface area contributed by atoms with Gasteiger partial charge >= 0.3 is 0 Å². The van der Waals surface area contributed by atoms with Gasteiger partial charge in [-0.1, -0.05) is 11.6 Å². The molecule has 0 aliphatic heterocycles. The molecule has 5 N–H and O–H groups in total. The third-order valence-corrected chi connectivity index (χ3v) is 3.74. The van der Waals surface area contributed by atoms with E-state index >= 15 is 0 Å². The first kappa shape index (κ1) is 12.2. The minimum atomic E-state index is -0.190. The quantitative estimate of drug-likeness (QED) is 0.795. The molecule has 1 amide bonds. The Morgan fingerprint density at radius 2 is 2.24 bits per heavy atom. The van der Waals surface area contributed by atoms with Gasteiger partial charge in [-0.25, -0.2) is 0 Å². The average molecular weight is 270 g/mol. The number of thiophene rings is 1. The molecular formula is C11H12ClN3OS. The summed E-state index contributed by atoms with van der Waals surface area (Å²) in [4.78, 5) is 12.3. The number of anilines is 1. The molecule has 17 heavy (non-hydrogen) atoms. The molecular weight excluding hydrogens is 258 g/mol. The predicted molar refractivity (Wildman–Crippen MR) is 72.6 cm³/mol. The molecule has 0 saturated heterocycles. The van der Waals surface area contributed by atoms with E-state index in [-0.39, 0.29) is 5.91 Å². The molecule has 2 rings (SSSR count).